The number of benzene rings is 1. The Morgan fingerprint density at radius 3 is 2.62 bits per heavy atom. The quantitative estimate of drug-likeness (QED) is 0.870. The molecule has 4 heteroatoms. The molecule has 2 rings (SSSR count). The minimum Gasteiger partial charge on any atom is -0.478 e. The Bertz CT molecular complexity index is 602. The Morgan fingerprint density at radius 2 is 2.05 bits per heavy atom. The molecule has 0 aliphatic carbocycles. The van der Waals surface area contributed by atoms with Gasteiger partial charge in [0.05, 0.1) is 0 Å². The Morgan fingerprint density at radius 1 is 1.33 bits per heavy atom. The highest BCUT2D eigenvalue weighted by molar-refractivity contribution is 5.95. The summed E-state index contributed by atoms with van der Waals surface area (Å²) in [6.07, 6.45) is 3.63. The SMILES string of the molecule is Cc1ccc(C(=O)N2CCC(C)(C)C2)cc1/C=C/C(=O)O. The standard InChI is InChI=1S/C17H21NO3/c1-12-4-5-14(10-13(12)6-7-15(19)20)16(21)18-9-8-17(2,3)11-18/h4-7,10H,8-9,11H2,1-3H3,(H,19,20)/b7-6+. The molecule has 0 bridgehead atoms. The fourth-order valence-corrected chi connectivity index (χ4v) is 2.58. The number of carboxylic acids is 1. The zero-order valence-corrected chi connectivity index (χ0v) is 12.7. The Balaban J connectivity index is 2.23. The van der Waals surface area contributed by atoms with Gasteiger partial charge < -0.3 is 10.0 Å². The number of rotatable bonds is 3. The summed E-state index contributed by atoms with van der Waals surface area (Å²) in [4.78, 5) is 25.0. The number of hydrogen-bond donors (Lipinski definition) is 1. The molecule has 1 N–H and O–H groups in total. The summed E-state index contributed by atoms with van der Waals surface area (Å²) in [5.74, 6) is -0.974. The lowest BCUT2D eigenvalue weighted by Crippen LogP contribution is -2.30. The number of carboxylic acid groups (broad SMARTS) is 1. The molecule has 0 atom stereocenters. The first-order valence-electron chi connectivity index (χ1n) is 7.09. The molecule has 0 radical (unpaired) electrons. The summed E-state index contributed by atoms with van der Waals surface area (Å²) in [7, 11) is 0. The molecule has 112 valence electrons. The number of aryl methyl sites for hydroxylation is 1. The van der Waals surface area contributed by atoms with Crippen LogP contribution in [0.25, 0.3) is 6.08 Å². The van der Waals surface area contributed by atoms with Crippen LogP contribution in [0.1, 0.15) is 41.8 Å². The molecular weight excluding hydrogens is 266 g/mol. The van der Waals surface area contributed by atoms with Crippen LogP contribution in [-0.4, -0.2) is 35.0 Å². The van der Waals surface area contributed by atoms with Crippen LogP contribution in [0.3, 0.4) is 0 Å². The van der Waals surface area contributed by atoms with Gasteiger partial charge in [-0.2, -0.15) is 0 Å². The van der Waals surface area contributed by atoms with E-state index in [2.05, 4.69) is 13.8 Å². The van der Waals surface area contributed by atoms with Crippen LogP contribution in [0.5, 0.6) is 0 Å². The van der Waals surface area contributed by atoms with E-state index in [9.17, 15) is 9.59 Å². The van der Waals surface area contributed by atoms with Crippen molar-refractivity contribution in [2.75, 3.05) is 13.1 Å². The van der Waals surface area contributed by atoms with Crippen molar-refractivity contribution >= 4 is 18.0 Å². The molecule has 0 spiro atoms. The van der Waals surface area contributed by atoms with E-state index in [1.807, 2.05) is 17.9 Å². The van der Waals surface area contributed by atoms with Crippen molar-refractivity contribution in [3.05, 3.63) is 41.0 Å². The minimum atomic E-state index is -0.993. The maximum Gasteiger partial charge on any atom is 0.328 e. The van der Waals surface area contributed by atoms with E-state index >= 15 is 0 Å². The summed E-state index contributed by atoms with van der Waals surface area (Å²) in [5, 5.41) is 8.71. The fraction of sp³-hybridized carbons (Fsp3) is 0.412. The van der Waals surface area contributed by atoms with Gasteiger partial charge in [-0.3, -0.25) is 4.79 Å². The topological polar surface area (TPSA) is 57.6 Å². The first-order valence-corrected chi connectivity index (χ1v) is 7.09. The molecule has 0 saturated carbocycles. The van der Waals surface area contributed by atoms with Crippen LogP contribution in [0.15, 0.2) is 24.3 Å². The number of amides is 1. The van der Waals surface area contributed by atoms with E-state index in [0.29, 0.717) is 5.56 Å². The maximum absolute atomic E-state index is 12.5. The number of nitrogens with zero attached hydrogens (tertiary/aromatic N) is 1. The third kappa shape index (κ3) is 3.72. The lowest BCUT2D eigenvalue weighted by Gasteiger charge is -2.20. The summed E-state index contributed by atoms with van der Waals surface area (Å²) in [5.41, 5.74) is 2.50. The van der Waals surface area contributed by atoms with Gasteiger partial charge in [0.1, 0.15) is 0 Å². The average Bonchev–Trinajstić information content (AvgIpc) is 2.77. The van der Waals surface area contributed by atoms with Crippen molar-refractivity contribution in [3.8, 4) is 0 Å². The van der Waals surface area contributed by atoms with Crippen LogP contribution in [-0.2, 0) is 4.79 Å². The molecule has 0 unspecified atom stereocenters. The lowest BCUT2D eigenvalue weighted by atomic mass is 9.93. The molecule has 4 nitrogen and oxygen atoms in total. The maximum atomic E-state index is 12.5. The van der Waals surface area contributed by atoms with Gasteiger partial charge >= 0.3 is 5.97 Å². The molecule has 1 aliphatic heterocycles. The van der Waals surface area contributed by atoms with Crippen LogP contribution in [0, 0.1) is 12.3 Å². The predicted molar refractivity (Wildman–Crippen MR) is 82.2 cm³/mol. The zero-order valence-electron chi connectivity index (χ0n) is 12.7. The van der Waals surface area contributed by atoms with Gasteiger partial charge in [0.25, 0.3) is 5.91 Å². The fourth-order valence-electron chi connectivity index (χ4n) is 2.58. The summed E-state index contributed by atoms with van der Waals surface area (Å²) in [6.45, 7) is 7.77. The van der Waals surface area contributed by atoms with Crippen LogP contribution in [0.4, 0.5) is 0 Å². The van der Waals surface area contributed by atoms with Crippen molar-refractivity contribution in [1.29, 1.82) is 0 Å². The molecule has 1 heterocycles. The van der Waals surface area contributed by atoms with E-state index in [0.717, 1.165) is 36.7 Å². The highest BCUT2D eigenvalue weighted by Gasteiger charge is 2.32. The van der Waals surface area contributed by atoms with E-state index in [1.54, 1.807) is 12.1 Å². The summed E-state index contributed by atoms with van der Waals surface area (Å²) >= 11 is 0. The van der Waals surface area contributed by atoms with E-state index < -0.39 is 5.97 Å². The van der Waals surface area contributed by atoms with Gasteiger partial charge in [0.15, 0.2) is 0 Å². The van der Waals surface area contributed by atoms with Gasteiger partial charge in [-0.1, -0.05) is 19.9 Å². The molecule has 1 amide bonds. The molecule has 1 fully saturated rings. The Hall–Kier alpha value is -2.10. The lowest BCUT2D eigenvalue weighted by molar-refractivity contribution is -0.131. The predicted octanol–water partition coefficient (Wildman–Crippen LogP) is 2.96. The first-order chi connectivity index (χ1) is 9.78. The number of aliphatic carboxylic acids is 1. The van der Waals surface area contributed by atoms with Crippen molar-refractivity contribution in [3.63, 3.8) is 0 Å². The molecule has 1 aromatic rings. The van der Waals surface area contributed by atoms with E-state index in [4.69, 9.17) is 5.11 Å². The van der Waals surface area contributed by atoms with Crippen LogP contribution >= 0.6 is 0 Å². The Kier molecular flexibility index (Phi) is 4.16. The van der Waals surface area contributed by atoms with Crippen molar-refractivity contribution < 1.29 is 14.7 Å². The van der Waals surface area contributed by atoms with Crippen LogP contribution in [0.2, 0.25) is 0 Å². The van der Waals surface area contributed by atoms with Gasteiger partial charge in [-0.25, -0.2) is 4.79 Å². The van der Waals surface area contributed by atoms with Gasteiger partial charge in [0.2, 0.25) is 0 Å². The third-order valence-electron chi connectivity index (χ3n) is 3.90. The molecular formula is C17H21NO3. The van der Waals surface area contributed by atoms with Gasteiger partial charge in [-0.05, 0) is 48.1 Å². The molecule has 1 aliphatic rings. The normalized spacial score (nSPS) is 17.4. The highest BCUT2D eigenvalue weighted by atomic mass is 16.4. The number of hydrogen-bond acceptors (Lipinski definition) is 2. The molecule has 21 heavy (non-hydrogen) atoms. The first kappa shape index (κ1) is 15.3. The third-order valence-corrected chi connectivity index (χ3v) is 3.90. The smallest absolute Gasteiger partial charge is 0.328 e. The van der Waals surface area contributed by atoms with Crippen molar-refractivity contribution in [2.45, 2.75) is 27.2 Å². The van der Waals surface area contributed by atoms with E-state index in [1.165, 1.54) is 6.08 Å². The summed E-state index contributed by atoms with van der Waals surface area (Å²) in [6, 6.07) is 5.43. The minimum absolute atomic E-state index is 0.0190. The average molecular weight is 287 g/mol. The Labute approximate surface area is 125 Å². The zero-order chi connectivity index (χ0) is 15.6. The second-order valence-electron chi connectivity index (χ2n) is 6.38. The monoisotopic (exact) mass is 287 g/mol. The largest absolute Gasteiger partial charge is 0.478 e. The number of carbonyl (C=O) groups excluding carboxylic acids is 1. The van der Waals surface area contributed by atoms with Crippen molar-refractivity contribution in [2.24, 2.45) is 5.41 Å². The number of carbonyl (C=O) groups is 2. The number of likely N-dealkylation sites (tertiary alicyclic amines) is 1. The molecule has 0 aromatic heterocycles. The second-order valence-corrected chi connectivity index (χ2v) is 6.38. The summed E-state index contributed by atoms with van der Waals surface area (Å²) < 4.78 is 0. The highest BCUT2D eigenvalue weighted by Crippen LogP contribution is 2.30. The molecule has 1 aromatic carbocycles. The van der Waals surface area contributed by atoms with E-state index in [-0.39, 0.29) is 11.3 Å². The molecule has 1 saturated heterocycles. The van der Waals surface area contributed by atoms with Gasteiger partial charge in [-0.15, -0.1) is 0 Å². The van der Waals surface area contributed by atoms with Crippen LogP contribution < -0.4 is 0 Å². The second kappa shape index (κ2) is 5.72. The van der Waals surface area contributed by atoms with Crippen molar-refractivity contribution in [1.82, 2.24) is 4.90 Å². The van der Waals surface area contributed by atoms with Gasteiger partial charge in [0, 0.05) is 24.7 Å².